The molecule has 4 nitrogen and oxygen atoms in total. The second-order valence-electron chi connectivity index (χ2n) is 2.88. The summed E-state index contributed by atoms with van der Waals surface area (Å²) >= 11 is 3.92. The SMILES string of the molecule is CCc1c(OSI)cc(OSI)c(C=O)c1O. The molecule has 0 unspecified atom stereocenters. The number of rotatable bonds is 6. The van der Waals surface area contributed by atoms with E-state index in [1.165, 1.54) is 0 Å². The van der Waals surface area contributed by atoms with E-state index in [0.717, 1.165) is 18.4 Å². The normalized spacial score (nSPS) is 10.1. The molecule has 1 aromatic carbocycles. The van der Waals surface area contributed by atoms with Gasteiger partial charge in [0.2, 0.25) is 0 Å². The molecular formula is C9H8I2O4S2. The summed E-state index contributed by atoms with van der Waals surface area (Å²) in [4.78, 5) is 11.0. The molecule has 1 rings (SSSR count). The monoisotopic (exact) mass is 498 g/mol. The maximum absolute atomic E-state index is 11.0. The lowest BCUT2D eigenvalue weighted by Gasteiger charge is -2.13. The van der Waals surface area contributed by atoms with Crippen LogP contribution in [0.1, 0.15) is 22.8 Å². The van der Waals surface area contributed by atoms with E-state index in [9.17, 15) is 9.90 Å². The minimum absolute atomic E-state index is 0.0779. The Bertz CT molecular complexity index is 414. The summed E-state index contributed by atoms with van der Waals surface area (Å²) in [6.45, 7) is 1.88. The highest BCUT2D eigenvalue weighted by atomic mass is 127. The van der Waals surface area contributed by atoms with Crippen molar-refractivity contribution in [2.24, 2.45) is 0 Å². The molecule has 0 aliphatic heterocycles. The Kier molecular flexibility index (Phi) is 7.11. The van der Waals surface area contributed by atoms with Crippen LogP contribution in [-0.4, -0.2) is 11.4 Å². The highest BCUT2D eigenvalue weighted by Gasteiger charge is 2.19. The van der Waals surface area contributed by atoms with Crippen molar-refractivity contribution in [1.82, 2.24) is 0 Å². The van der Waals surface area contributed by atoms with Crippen LogP contribution in [0.5, 0.6) is 17.2 Å². The third kappa shape index (κ3) is 3.70. The van der Waals surface area contributed by atoms with E-state index in [1.54, 1.807) is 6.07 Å². The van der Waals surface area contributed by atoms with Crippen molar-refractivity contribution in [3.8, 4) is 17.2 Å². The van der Waals surface area contributed by atoms with E-state index in [4.69, 9.17) is 8.37 Å². The second kappa shape index (κ2) is 7.79. The zero-order chi connectivity index (χ0) is 12.8. The number of hydrogen-bond acceptors (Lipinski definition) is 6. The van der Waals surface area contributed by atoms with Crippen molar-refractivity contribution in [1.29, 1.82) is 0 Å². The molecular weight excluding hydrogens is 490 g/mol. The van der Waals surface area contributed by atoms with Crippen LogP contribution in [-0.2, 0) is 6.42 Å². The van der Waals surface area contributed by atoms with Crippen molar-refractivity contribution >= 4 is 67.1 Å². The molecule has 8 heteroatoms. The van der Waals surface area contributed by atoms with Gasteiger partial charge < -0.3 is 13.5 Å². The molecule has 0 fully saturated rings. The Morgan fingerprint density at radius 1 is 1.35 bits per heavy atom. The summed E-state index contributed by atoms with van der Waals surface area (Å²) in [5, 5.41) is 9.99. The van der Waals surface area contributed by atoms with Gasteiger partial charge in [-0.05, 0) is 6.42 Å². The van der Waals surface area contributed by atoms with Gasteiger partial charge in [0.15, 0.2) is 12.0 Å². The predicted molar refractivity (Wildman–Crippen MR) is 87.4 cm³/mol. The van der Waals surface area contributed by atoms with Crippen LogP contribution in [0.25, 0.3) is 0 Å². The number of phenolic OH excluding ortho intramolecular Hbond substituents is 1. The highest BCUT2D eigenvalue weighted by Crippen LogP contribution is 2.41. The second-order valence-corrected chi connectivity index (χ2v) is 5.62. The number of aldehydes is 1. The molecule has 0 spiro atoms. The minimum atomic E-state index is -0.0779. The summed E-state index contributed by atoms with van der Waals surface area (Å²) in [6.07, 6.45) is 1.15. The van der Waals surface area contributed by atoms with Gasteiger partial charge in [-0.25, -0.2) is 0 Å². The van der Waals surface area contributed by atoms with Gasteiger partial charge >= 0.3 is 0 Å². The molecule has 0 aliphatic carbocycles. The van der Waals surface area contributed by atoms with Crippen molar-refractivity contribution in [3.05, 3.63) is 17.2 Å². The van der Waals surface area contributed by atoms with E-state index in [-0.39, 0.29) is 11.3 Å². The maximum atomic E-state index is 11.0. The van der Waals surface area contributed by atoms with Gasteiger partial charge in [0, 0.05) is 54.0 Å². The lowest BCUT2D eigenvalue weighted by atomic mass is 10.1. The average molecular weight is 498 g/mol. The quantitative estimate of drug-likeness (QED) is 0.354. The Morgan fingerprint density at radius 3 is 2.41 bits per heavy atom. The molecule has 0 aliphatic rings. The van der Waals surface area contributed by atoms with Gasteiger partial charge in [0.05, 0.1) is 0 Å². The Balaban J connectivity index is 3.36. The molecule has 17 heavy (non-hydrogen) atoms. The highest BCUT2D eigenvalue weighted by molar-refractivity contribution is 14.2. The molecule has 0 amide bonds. The van der Waals surface area contributed by atoms with E-state index < -0.39 is 0 Å². The van der Waals surface area contributed by atoms with E-state index >= 15 is 0 Å². The fraction of sp³-hybridized carbons (Fsp3) is 0.222. The largest absolute Gasteiger partial charge is 0.507 e. The Hall–Kier alpha value is 0.450. The third-order valence-corrected chi connectivity index (χ3v) is 3.64. The molecule has 0 atom stereocenters. The van der Waals surface area contributed by atoms with Crippen LogP contribution in [0.15, 0.2) is 6.07 Å². The summed E-state index contributed by atoms with van der Waals surface area (Å²) in [5.41, 5.74) is 0.749. The topological polar surface area (TPSA) is 55.8 Å². The molecule has 0 heterocycles. The zero-order valence-electron chi connectivity index (χ0n) is 8.61. The lowest BCUT2D eigenvalue weighted by Crippen LogP contribution is -1.96. The average Bonchev–Trinajstić information content (AvgIpc) is 2.30. The molecule has 0 aromatic heterocycles. The van der Waals surface area contributed by atoms with Crippen molar-refractivity contribution in [2.75, 3.05) is 0 Å². The molecule has 94 valence electrons. The van der Waals surface area contributed by atoms with Gasteiger partial charge in [-0.15, -0.1) is 0 Å². The zero-order valence-corrected chi connectivity index (χ0v) is 14.6. The van der Waals surface area contributed by atoms with E-state index in [0.29, 0.717) is 29.8 Å². The van der Waals surface area contributed by atoms with Gasteiger partial charge in [-0.3, -0.25) is 4.79 Å². The lowest BCUT2D eigenvalue weighted by molar-refractivity contribution is 0.111. The number of aromatic hydroxyl groups is 1. The van der Waals surface area contributed by atoms with Crippen molar-refractivity contribution < 1.29 is 18.3 Å². The van der Waals surface area contributed by atoms with Crippen LogP contribution in [0.4, 0.5) is 0 Å². The van der Waals surface area contributed by atoms with E-state index in [1.807, 2.05) is 49.3 Å². The van der Waals surface area contributed by atoms with Gasteiger partial charge in [0.1, 0.15) is 35.5 Å². The first-order chi connectivity index (χ1) is 8.19. The molecule has 1 aromatic rings. The number of halogens is 2. The number of phenols is 1. The smallest absolute Gasteiger partial charge is 0.157 e. The van der Waals surface area contributed by atoms with E-state index in [2.05, 4.69) is 0 Å². The number of carbonyl (C=O) groups excluding carboxylic acids is 1. The predicted octanol–water partition coefficient (Wildman–Crippen LogP) is 4.52. The van der Waals surface area contributed by atoms with Gasteiger partial charge in [0.25, 0.3) is 0 Å². The third-order valence-electron chi connectivity index (χ3n) is 2.08. The first-order valence-electron chi connectivity index (χ1n) is 4.44. The minimum Gasteiger partial charge on any atom is -0.507 e. The summed E-state index contributed by atoms with van der Waals surface area (Å²) in [5.74, 6) is 0.732. The van der Waals surface area contributed by atoms with Crippen LogP contribution in [0, 0.1) is 0 Å². The molecule has 0 bridgehead atoms. The number of hydrogen-bond donors (Lipinski definition) is 1. The van der Waals surface area contributed by atoms with Crippen LogP contribution < -0.4 is 8.37 Å². The van der Waals surface area contributed by atoms with Gasteiger partial charge in [-0.2, -0.15) is 0 Å². The summed E-state index contributed by atoms with van der Waals surface area (Å²) < 4.78 is 10.5. The van der Waals surface area contributed by atoms with Gasteiger partial charge in [-0.1, -0.05) is 6.92 Å². The molecule has 0 saturated carbocycles. The van der Waals surface area contributed by atoms with Crippen LogP contribution in [0.3, 0.4) is 0 Å². The number of benzene rings is 1. The Labute approximate surface area is 132 Å². The summed E-state index contributed by atoms with van der Waals surface area (Å²) in [6, 6.07) is 1.61. The Morgan fingerprint density at radius 2 is 1.94 bits per heavy atom. The van der Waals surface area contributed by atoms with Crippen molar-refractivity contribution in [2.45, 2.75) is 13.3 Å². The first-order valence-corrected chi connectivity index (χ1v) is 11.0. The number of carbonyl (C=O) groups is 1. The molecule has 0 saturated heterocycles. The first kappa shape index (κ1) is 15.5. The fourth-order valence-electron chi connectivity index (χ4n) is 1.35. The summed E-state index contributed by atoms with van der Waals surface area (Å²) in [7, 11) is 2.21. The maximum Gasteiger partial charge on any atom is 0.157 e. The molecule has 1 N–H and O–H groups in total. The van der Waals surface area contributed by atoms with Crippen LogP contribution in [0.2, 0.25) is 0 Å². The fourth-order valence-corrected chi connectivity index (χ4v) is 2.93. The van der Waals surface area contributed by atoms with Crippen molar-refractivity contribution in [3.63, 3.8) is 0 Å². The standard InChI is InChI=1S/C9H8I2O4S2/c1-2-5-7(14-16-10)3-8(15-17-11)6(4-12)9(5)13/h3-4,13H,2H2,1H3. The molecule has 0 radical (unpaired) electrons. The van der Waals surface area contributed by atoms with Crippen LogP contribution >= 0.6 is 60.8 Å².